The lowest BCUT2D eigenvalue weighted by Gasteiger charge is -2.32. The van der Waals surface area contributed by atoms with Crippen LogP contribution in [0.3, 0.4) is 0 Å². The van der Waals surface area contributed by atoms with Crippen LogP contribution in [0.15, 0.2) is 18.5 Å². The molecule has 0 aromatic carbocycles. The average molecular weight is 403 g/mol. The van der Waals surface area contributed by atoms with Crippen molar-refractivity contribution >= 4 is 40.0 Å². The summed E-state index contributed by atoms with van der Waals surface area (Å²) in [5, 5.41) is 9.74. The van der Waals surface area contributed by atoms with Gasteiger partial charge in [-0.3, -0.25) is 9.89 Å². The number of unbranched alkanes of at least 4 members (excludes halogenated alkanes) is 4. The maximum atomic E-state index is 12.9. The summed E-state index contributed by atoms with van der Waals surface area (Å²) >= 11 is 7.59. The van der Waals surface area contributed by atoms with Gasteiger partial charge in [0, 0.05) is 17.7 Å². The van der Waals surface area contributed by atoms with Crippen molar-refractivity contribution in [3.8, 4) is 11.8 Å². The van der Waals surface area contributed by atoms with Crippen molar-refractivity contribution in [2.75, 3.05) is 0 Å². The van der Waals surface area contributed by atoms with Gasteiger partial charge in [-0.05, 0) is 31.1 Å². The topological polar surface area (TPSA) is 70.7 Å². The molecule has 2 N–H and O–H groups in total. The van der Waals surface area contributed by atoms with E-state index in [-0.39, 0.29) is 5.91 Å². The highest BCUT2D eigenvalue weighted by atomic mass is 35.5. The second kappa shape index (κ2) is 8.73. The summed E-state index contributed by atoms with van der Waals surface area (Å²) in [5.74, 6) is 6.81. The van der Waals surface area contributed by atoms with Crippen LogP contribution in [-0.4, -0.2) is 26.6 Å². The summed E-state index contributed by atoms with van der Waals surface area (Å²) in [5.41, 5.74) is 0.792. The van der Waals surface area contributed by atoms with Gasteiger partial charge in [0.2, 0.25) is 0 Å². The van der Waals surface area contributed by atoms with E-state index in [1.165, 1.54) is 36.9 Å². The molecule has 0 spiro atoms. The van der Waals surface area contributed by atoms with Gasteiger partial charge in [0.05, 0.1) is 9.91 Å². The predicted molar refractivity (Wildman–Crippen MR) is 110 cm³/mol. The highest BCUT2D eigenvalue weighted by molar-refractivity contribution is 7.17. The summed E-state index contributed by atoms with van der Waals surface area (Å²) in [6.07, 6.45) is 7.59. The number of aromatic amines is 1. The van der Waals surface area contributed by atoms with Crippen LogP contribution in [0.2, 0.25) is 4.34 Å². The Bertz CT molecular complexity index is 891. The molecule has 0 saturated heterocycles. The molecule has 1 amide bonds. The van der Waals surface area contributed by atoms with Crippen molar-refractivity contribution in [2.24, 2.45) is 0 Å². The molecule has 27 heavy (non-hydrogen) atoms. The van der Waals surface area contributed by atoms with Crippen molar-refractivity contribution in [1.29, 1.82) is 0 Å². The standard InChI is InChI=1S/C20H23ClN4OS/c1-3-4-5-6-7-8-11-20(2)12-14(15-9-10-16(21)27-15)17(19(26)24-20)18-22-13-23-25-18/h9-10,13H,3-7,12H2,1-2H3,(H,24,26)(H,22,23,25). The Kier molecular flexibility index (Phi) is 6.35. The van der Waals surface area contributed by atoms with Crippen LogP contribution in [0.1, 0.15) is 63.1 Å². The van der Waals surface area contributed by atoms with Crippen LogP contribution < -0.4 is 5.32 Å². The second-order valence-electron chi connectivity index (χ2n) is 6.87. The largest absolute Gasteiger partial charge is 0.336 e. The van der Waals surface area contributed by atoms with Crippen LogP contribution in [0, 0.1) is 11.8 Å². The molecule has 3 heterocycles. The number of nitrogens with zero attached hydrogens (tertiary/aromatic N) is 2. The van der Waals surface area contributed by atoms with E-state index in [9.17, 15) is 4.79 Å². The number of halogens is 1. The van der Waals surface area contributed by atoms with Crippen LogP contribution in [0.25, 0.3) is 11.1 Å². The third-order valence-electron chi connectivity index (χ3n) is 4.49. The highest BCUT2D eigenvalue weighted by Crippen LogP contribution is 2.39. The number of aromatic nitrogens is 3. The van der Waals surface area contributed by atoms with Crippen molar-refractivity contribution in [1.82, 2.24) is 20.5 Å². The molecule has 0 bridgehead atoms. The maximum absolute atomic E-state index is 12.9. The zero-order chi connectivity index (χ0) is 19.3. The number of rotatable bonds is 6. The summed E-state index contributed by atoms with van der Waals surface area (Å²) in [6.45, 7) is 4.16. The number of carbonyl (C=O) groups is 1. The number of hydrogen-bond donors (Lipinski definition) is 2. The van der Waals surface area contributed by atoms with E-state index in [1.807, 2.05) is 19.1 Å². The molecule has 3 rings (SSSR count). The molecule has 1 aliphatic heterocycles. The zero-order valence-electron chi connectivity index (χ0n) is 15.6. The van der Waals surface area contributed by atoms with E-state index >= 15 is 0 Å². The van der Waals surface area contributed by atoms with Crippen molar-refractivity contribution in [3.05, 3.63) is 33.5 Å². The highest BCUT2D eigenvalue weighted by Gasteiger charge is 2.37. The molecular weight excluding hydrogens is 380 g/mol. The molecule has 5 nitrogen and oxygen atoms in total. The van der Waals surface area contributed by atoms with Gasteiger partial charge in [-0.25, -0.2) is 4.98 Å². The monoisotopic (exact) mass is 402 g/mol. The minimum absolute atomic E-state index is 0.194. The number of amides is 1. The normalized spacial score (nSPS) is 19.6. The molecule has 0 aliphatic carbocycles. The number of thiophene rings is 1. The first-order chi connectivity index (χ1) is 13.0. The van der Waals surface area contributed by atoms with Crippen molar-refractivity contribution in [2.45, 2.75) is 57.9 Å². The average Bonchev–Trinajstić information content (AvgIpc) is 3.29. The first-order valence-electron chi connectivity index (χ1n) is 9.19. The van der Waals surface area contributed by atoms with Gasteiger partial charge in [-0.15, -0.1) is 17.3 Å². The fourth-order valence-corrected chi connectivity index (χ4v) is 4.26. The molecule has 1 atom stereocenters. The molecule has 142 valence electrons. The Morgan fingerprint density at radius 1 is 1.33 bits per heavy atom. The third-order valence-corrected chi connectivity index (χ3v) is 5.78. The molecule has 7 heteroatoms. The van der Waals surface area contributed by atoms with E-state index in [4.69, 9.17) is 11.6 Å². The van der Waals surface area contributed by atoms with Gasteiger partial charge >= 0.3 is 0 Å². The predicted octanol–water partition coefficient (Wildman–Crippen LogP) is 4.68. The molecule has 0 fully saturated rings. The minimum Gasteiger partial charge on any atom is -0.336 e. The molecule has 1 unspecified atom stereocenters. The third kappa shape index (κ3) is 4.79. The number of H-pyrrole nitrogens is 1. The number of carbonyl (C=O) groups excluding carboxylic acids is 1. The molecule has 0 saturated carbocycles. The summed E-state index contributed by atoms with van der Waals surface area (Å²) in [7, 11) is 0. The summed E-state index contributed by atoms with van der Waals surface area (Å²) in [6, 6.07) is 3.78. The SMILES string of the molecule is CCCCCCC#CC1(C)CC(c2ccc(Cl)s2)=C(c2ncn[nH]2)C(=O)N1. The van der Waals surface area contributed by atoms with Crippen LogP contribution in [-0.2, 0) is 4.79 Å². The van der Waals surface area contributed by atoms with E-state index < -0.39 is 5.54 Å². The van der Waals surface area contributed by atoms with Gasteiger partial charge in [-0.1, -0.05) is 43.7 Å². The molecule has 2 aromatic heterocycles. The molecular formula is C20H23ClN4OS. The fraction of sp³-hybridized carbons (Fsp3) is 0.450. The van der Waals surface area contributed by atoms with Gasteiger partial charge in [0.25, 0.3) is 5.91 Å². The Hall–Kier alpha value is -2.10. The van der Waals surface area contributed by atoms with E-state index in [2.05, 4.69) is 39.3 Å². The summed E-state index contributed by atoms with van der Waals surface area (Å²) in [4.78, 5) is 18.1. The molecule has 2 aromatic rings. The van der Waals surface area contributed by atoms with Gasteiger partial charge in [0.15, 0.2) is 5.82 Å². The van der Waals surface area contributed by atoms with Crippen molar-refractivity contribution < 1.29 is 4.79 Å². The zero-order valence-corrected chi connectivity index (χ0v) is 17.1. The van der Waals surface area contributed by atoms with E-state index in [0.717, 1.165) is 23.3 Å². The first-order valence-corrected chi connectivity index (χ1v) is 10.4. The second-order valence-corrected chi connectivity index (χ2v) is 8.58. The molecule has 1 aliphatic rings. The Balaban J connectivity index is 1.89. The Morgan fingerprint density at radius 2 is 2.19 bits per heavy atom. The maximum Gasteiger partial charge on any atom is 0.256 e. The van der Waals surface area contributed by atoms with Crippen LogP contribution in [0.5, 0.6) is 0 Å². The van der Waals surface area contributed by atoms with Gasteiger partial charge in [0.1, 0.15) is 11.9 Å². The minimum atomic E-state index is -0.614. The first kappa shape index (κ1) is 19.7. The van der Waals surface area contributed by atoms with Crippen molar-refractivity contribution in [3.63, 3.8) is 0 Å². The lowest BCUT2D eigenvalue weighted by Crippen LogP contribution is -2.48. The quantitative estimate of drug-likeness (QED) is 0.544. The van der Waals surface area contributed by atoms with Gasteiger partial charge in [-0.2, -0.15) is 5.10 Å². The van der Waals surface area contributed by atoms with E-state index in [0.29, 0.717) is 22.2 Å². The van der Waals surface area contributed by atoms with E-state index in [1.54, 1.807) is 0 Å². The van der Waals surface area contributed by atoms with Crippen LogP contribution >= 0.6 is 22.9 Å². The lowest BCUT2D eigenvalue weighted by atomic mass is 9.85. The smallest absolute Gasteiger partial charge is 0.256 e. The van der Waals surface area contributed by atoms with Crippen LogP contribution in [0.4, 0.5) is 0 Å². The van der Waals surface area contributed by atoms with Gasteiger partial charge < -0.3 is 5.32 Å². The molecule has 0 radical (unpaired) electrons. The number of hydrogen-bond acceptors (Lipinski definition) is 4. The number of nitrogens with one attached hydrogen (secondary N) is 2. The lowest BCUT2D eigenvalue weighted by molar-refractivity contribution is -0.117. The Labute approximate surface area is 168 Å². The summed E-state index contributed by atoms with van der Waals surface area (Å²) < 4.78 is 0.684. The Morgan fingerprint density at radius 3 is 2.85 bits per heavy atom. The fourth-order valence-electron chi connectivity index (χ4n) is 3.17.